The number of alkyl halides is 3. The van der Waals surface area contributed by atoms with Crippen LogP contribution in [0.25, 0.3) is 11.1 Å². The lowest BCUT2D eigenvalue weighted by Crippen LogP contribution is -2.22. The standard InChI is InChI=1S/C21H17F5O/c1-13-2-3-16(12-27-13)14-4-6-15(7-5-14)17-10-19(22)18(20(23)11-17)8-9-21(24,25)26/h4-7,10-11,13,16H,2-3,12H2,1H3. The summed E-state index contributed by atoms with van der Waals surface area (Å²) < 4.78 is 70.2. The van der Waals surface area contributed by atoms with Crippen molar-refractivity contribution in [3.8, 4) is 23.0 Å². The highest BCUT2D eigenvalue weighted by molar-refractivity contribution is 5.65. The minimum atomic E-state index is -4.81. The lowest BCUT2D eigenvalue weighted by Gasteiger charge is -2.27. The summed E-state index contributed by atoms with van der Waals surface area (Å²) in [4.78, 5) is 0. The Morgan fingerprint density at radius 3 is 2.11 bits per heavy atom. The molecule has 27 heavy (non-hydrogen) atoms. The van der Waals surface area contributed by atoms with Gasteiger partial charge in [0.05, 0.1) is 18.3 Å². The van der Waals surface area contributed by atoms with E-state index in [4.69, 9.17) is 4.74 Å². The molecule has 6 heteroatoms. The van der Waals surface area contributed by atoms with Gasteiger partial charge in [-0.05, 0) is 48.6 Å². The molecule has 142 valence electrons. The second-order valence-corrected chi connectivity index (χ2v) is 6.60. The van der Waals surface area contributed by atoms with Gasteiger partial charge in [-0.2, -0.15) is 13.2 Å². The van der Waals surface area contributed by atoms with Crippen LogP contribution in [0.4, 0.5) is 22.0 Å². The van der Waals surface area contributed by atoms with Crippen LogP contribution >= 0.6 is 0 Å². The Bertz CT molecular complexity index is 843. The van der Waals surface area contributed by atoms with E-state index in [0.717, 1.165) is 36.5 Å². The van der Waals surface area contributed by atoms with Crippen molar-refractivity contribution in [3.63, 3.8) is 0 Å². The number of hydrogen-bond acceptors (Lipinski definition) is 1. The first kappa shape index (κ1) is 19.4. The van der Waals surface area contributed by atoms with Crippen LogP contribution in [0.3, 0.4) is 0 Å². The third kappa shape index (κ3) is 4.86. The first-order chi connectivity index (χ1) is 12.7. The van der Waals surface area contributed by atoms with Gasteiger partial charge in [0.15, 0.2) is 0 Å². The zero-order valence-corrected chi connectivity index (χ0v) is 14.5. The molecule has 0 aromatic heterocycles. The van der Waals surface area contributed by atoms with Crippen molar-refractivity contribution >= 4 is 0 Å². The highest BCUT2D eigenvalue weighted by Crippen LogP contribution is 2.30. The molecule has 3 rings (SSSR count). The molecule has 2 atom stereocenters. The van der Waals surface area contributed by atoms with Crippen molar-refractivity contribution in [3.05, 3.63) is 59.2 Å². The molecule has 2 aromatic carbocycles. The predicted molar refractivity (Wildman–Crippen MR) is 92.1 cm³/mol. The molecule has 1 fully saturated rings. The van der Waals surface area contributed by atoms with Crippen LogP contribution in [0.15, 0.2) is 36.4 Å². The zero-order valence-electron chi connectivity index (χ0n) is 14.5. The van der Waals surface area contributed by atoms with Gasteiger partial charge in [0.25, 0.3) is 0 Å². The maximum Gasteiger partial charge on any atom is 0.458 e. The quantitative estimate of drug-likeness (QED) is 0.471. The van der Waals surface area contributed by atoms with E-state index in [1.54, 1.807) is 12.1 Å². The number of benzene rings is 2. The summed E-state index contributed by atoms with van der Waals surface area (Å²) in [6, 6.07) is 9.22. The highest BCUT2D eigenvalue weighted by Gasteiger charge is 2.24. The van der Waals surface area contributed by atoms with Crippen molar-refractivity contribution in [1.82, 2.24) is 0 Å². The summed E-state index contributed by atoms with van der Waals surface area (Å²) in [7, 11) is 0. The summed E-state index contributed by atoms with van der Waals surface area (Å²) in [5.41, 5.74) is 1.00. The van der Waals surface area contributed by atoms with Gasteiger partial charge in [0, 0.05) is 11.8 Å². The third-order valence-electron chi connectivity index (χ3n) is 4.59. The molecular formula is C21H17F5O. The van der Waals surface area contributed by atoms with Crippen molar-refractivity contribution in [2.24, 2.45) is 0 Å². The predicted octanol–water partition coefficient (Wildman–Crippen LogP) is 5.83. The van der Waals surface area contributed by atoms with E-state index in [0.29, 0.717) is 12.2 Å². The summed E-state index contributed by atoms with van der Waals surface area (Å²) in [5.74, 6) is 0.433. The van der Waals surface area contributed by atoms with Gasteiger partial charge in [-0.25, -0.2) is 8.78 Å². The van der Waals surface area contributed by atoms with Gasteiger partial charge in [-0.1, -0.05) is 30.2 Å². The Hall–Kier alpha value is -2.39. The molecule has 1 aliphatic heterocycles. The number of hydrogen-bond donors (Lipinski definition) is 0. The van der Waals surface area contributed by atoms with E-state index < -0.39 is 23.4 Å². The fourth-order valence-corrected chi connectivity index (χ4v) is 3.09. The molecule has 0 spiro atoms. The minimum Gasteiger partial charge on any atom is -0.378 e. The largest absolute Gasteiger partial charge is 0.458 e. The van der Waals surface area contributed by atoms with Crippen LogP contribution in [0.1, 0.15) is 36.8 Å². The summed E-state index contributed by atoms with van der Waals surface area (Å²) >= 11 is 0. The first-order valence-electron chi connectivity index (χ1n) is 8.54. The van der Waals surface area contributed by atoms with E-state index >= 15 is 0 Å². The molecule has 0 N–H and O–H groups in total. The second kappa shape index (κ2) is 7.69. The number of halogens is 5. The summed E-state index contributed by atoms with van der Waals surface area (Å²) in [6.45, 7) is 2.67. The van der Waals surface area contributed by atoms with Crippen LogP contribution < -0.4 is 0 Å². The Morgan fingerprint density at radius 2 is 1.59 bits per heavy atom. The Balaban J connectivity index is 1.83. The van der Waals surface area contributed by atoms with Crippen LogP contribution in [0, 0.1) is 23.5 Å². The van der Waals surface area contributed by atoms with E-state index in [1.807, 2.05) is 19.1 Å². The van der Waals surface area contributed by atoms with E-state index in [2.05, 4.69) is 0 Å². The average molecular weight is 380 g/mol. The van der Waals surface area contributed by atoms with Crippen molar-refractivity contribution < 1.29 is 26.7 Å². The van der Waals surface area contributed by atoms with Gasteiger partial charge in [-0.3, -0.25) is 0 Å². The van der Waals surface area contributed by atoms with Gasteiger partial charge in [0.2, 0.25) is 0 Å². The van der Waals surface area contributed by atoms with E-state index in [1.165, 1.54) is 5.92 Å². The molecule has 0 amide bonds. The lowest BCUT2D eigenvalue weighted by molar-refractivity contribution is -0.0696. The molecule has 0 saturated carbocycles. The molecule has 1 aliphatic rings. The second-order valence-electron chi connectivity index (χ2n) is 6.60. The molecule has 1 heterocycles. The SMILES string of the molecule is CC1CCC(c2ccc(-c3cc(F)c(C#CC(F)(F)F)c(F)c3)cc2)CO1. The average Bonchev–Trinajstić information content (AvgIpc) is 2.61. The summed E-state index contributed by atoms with van der Waals surface area (Å²) in [6.07, 6.45) is -2.57. The molecule has 0 aliphatic carbocycles. The monoisotopic (exact) mass is 380 g/mol. The smallest absolute Gasteiger partial charge is 0.378 e. The van der Waals surface area contributed by atoms with Crippen LogP contribution in [-0.2, 0) is 4.74 Å². The van der Waals surface area contributed by atoms with Gasteiger partial charge < -0.3 is 4.74 Å². The molecular weight excluding hydrogens is 363 g/mol. The minimum absolute atomic E-state index is 0.239. The third-order valence-corrected chi connectivity index (χ3v) is 4.59. The molecule has 0 radical (unpaired) electrons. The van der Waals surface area contributed by atoms with Crippen LogP contribution in [0.2, 0.25) is 0 Å². The zero-order chi connectivity index (χ0) is 19.6. The van der Waals surface area contributed by atoms with Gasteiger partial charge in [-0.15, -0.1) is 0 Å². The topological polar surface area (TPSA) is 9.23 Å². The molecule has 1 nitrogen and oxygen atoms in total. The van der Waals surface area contributed by atoms with Gasteiger partial charge in [0.1, 0.15) is 11.6 Å². The molecule has 2 aromatic rings. The van der Waals surface area contributed by atoms with Crippen molar-refractivity contribution in [2.45, 2.75) is 38.0 Å². The first-order valence-corrected chi connectivity index (χ1v) is 8.54. The van der Waals surface area contributed by atoms with Gasteiger partial charge >= 0.3 is 6.18 Å². The van der Waals surface area contributed by atoms with E-state index in [-0.39, 0.29) is 17.6 Å². The normalized spacial score (nSPS) is 20.1. The van der Waals surface area contributed by atoms with Crippen LogP contribution in [-0.4, -0.2) is 18.9 Å². The van der Waals surface area contributed by atoms with E-state index in [9.17, 15) is 22.0 Å². The maximum absolute atomic E-state index is 14.1. The fourth-order valence-electron chi connectivity index (χ4n) is 3.09. The van der Waals surface area contributed by atoms with Crippen molar-refractivity contribution in [1.29, 1.82) is 0 Å². The van der Waals surface area contributed by atoms with Crippen molar-refractivity contribution in [2.75, 3.05) is 6.61 Å². The molecule has 1 saturated heterocycles. The Morgan fingerprint density at radius 1 is 0.963 bits per heavy atom. The number of ether oxygens (including phenoxy) is 1. The lowest BCUT2D eigenvalue weighted by atomic mass is 9.90. The maximum atomic E-state index is 14.1. The fraction of sp³-hybridized carbons (Fsp3) is 0.333. The van der Waals surface area contributed by atoms with Crippen LogP contribution in [0.5, 0.6) is 0 Å². The number of rotatable bonds is 2. The highest BCUT2D eigenvalue weighted by atomic mass is 19.4. The molecule has 0 bridgehead atoms. The Kier molecular flexibility index (Phi) is 5.52. The summed E-state index contributed by atoms with van der Waals surface area (Å²) in [5, 5.41) is 0. The Labute approximate surface area is 154 Å². The molecule has 2 unspecified atom stereocenters.